The Labute approximate surface area is 92.3 Å². The molecule has 0 aliphatic rings. The number of aromatic nitrogens is 1. The van der Waals surface area contributed by atoms with Crippen LogP contribution < -0.4 is 0 Å². The summed E-state index contributed by atoms with van der Waals surface area (Å²) in [6, 6.07) is 1.16. The van der Waals surface area contributed by atoms with Crippen molar-refractivity contribution in [1.29, 1.82) is 0 Å². The standard InChI is InChI=1S/C8H6F2INO2/c1-3-2-4(6(9)10)5(8(13)14)12-7(3)11/h2,6H,1H3,(H,13,14). The fourth-order valence-corrected chi connectivity index (χ4v) is 1.35. The van der Waals surface area contributed by atoms with Crippen molar-refractivity contribution in [2.24, 2.45) is 0 Å². The quantitative estimate of drug-likeness (QED) is 0.674. The molecular weight excluding hydrogens is 307 g/mol. The smallest absolute Gasteiger partial charge is 0.355 e. The Balaban J connectivity index is 3.39. The van der Waals surface area contributed by atoms with Crippen LogP contribution in [0.4, 0.5) is 8.78 Å². The van der Waals surface area contributed by atoms with Gasteiger partial charge >= 0.3 is 5.97 Å². The summed E-state index contributed by atoms with van der Waals surface area (Å²) in [7, 11) is 0. The summed E-state index contributed by atoms with van der Waals surface area (Å²) in [5.41, 5.74) is -0.559. The van der Waals surface area contributed by atoms with Crippen LogP contribution in [0.3, 0.4) is 0 Å². The summed E-state index contributed by atoms with van der Waals surface area (Å²) < 4.78 is 25.2. The Kier molecular flexibility index (Phi) is 3.35. The molecule has 1 aromatic rings. The molecule has 6 heteroatoms. The molecule has 0 aliphatic carbocycles. The number of aryl methyl sites for hydroxylation is 1. The highest BCUT2D eigenvalue weighted by atomic mass is 127. The molecule has 0 amide bonds. The topological polar surface area (TPSA) is 50.2 Å². The number of halogens is 3. The maximum Gasteiger partial charge on any atom is 0.355 e. The van der Waals surface area contributed by atoms with Gasteiger partial charge in [0.25, 0.3) is 6.43 Å². The first-order chi connectivity index (χ1) is 6.43. The van der Waals surface area contributed by atoms with Crippen molar-refractivity contribution in [2.75, 3.05) is 0 Å². The highest BCUT2D eigenvalue weighted by Gasteiger charge is 2.20. The van der Waals surface area contributed by atoms with Gasteiger partial charge in [0, 0.05) is 0 Å². The average Bonchev–Trinajstić information content (AvgIpc) is 2.08. The lowest BCUT2D eigenvalue weighted by Gasteiger charge is -2.06. The van der Waals surface area contributed by atoms with Gasteiger partial charge in [-0.1, -0.05) is 0 Å². The molecular formula is C8H6F2INO2. The third-order valence-electron chi connectivity index (χ3n) is 1.62. The van der Waals surface area contributed by atoms with Crippen molar-refractivity contribution in [2.45, 2.75) is 13.3 Å². The molecule has 0 aliphatic heterocycles. The van der Waals surface area contributed by atoms with Gasteiger partial charge in [-0.15, -0.1) is 0 Å². The minimum Gasteiger partial charge on any atom is -0.476 e. The zero-order valence-electron chi connectivity index (χ0n) is 7.09. The van der Waals surface area contributed by atoms with Crippen LogP contribution in [0.2, 0.25) is 0 Å². The Morgan fingerprint density at radius 1 is 1.64 bits per heavy atom. The molecule has 0 aromatic carbocycles. The average molecular weight is 313 g/mol. The predicted octanol–water partition coefficient (Wildman–Crippen LogP) is 2.63. The lowest BCUT2D eigenvalue weighted by Crippen LogP contribution is -2.08. The molecule has 14 heavy (non-hydrogen) atoms. The van der Waals surface area contributed by atoms with E-state index >= 15 is 0 Å². The van der Waals surface area contributed by atoms with Gasteiger partial charge in [-0.2, -0.15) is 0 Å². The molecule has 0 saturated heterocycles. The molecule has 0 bridgehead atoms. The van der Waals surface area contributed by atoms with Gasteiger partial charge in [0.2, 0.25) is 0 Å². The third kappa shape index (κ3) is 2.17. The van der Waals surface area contributed by atoms with Gasteiger partial charge in [-0.05, 0) is 41.1 Å². The maximum atomic E-state index is 12.4. The maximum absolute atomic E-state index is 12.4. The molecule has 1 aromatic heterocycles. The second-order valence-corrected chi connectivity index (χ2v) is 3.66. The first-order valence-corrected chi connectivity index (χ1v) is 4.70. The summed E-state index contributed by atoms with van der Waals surface area (Å²) in [4.78, 5) is 14.2. The van der Waals surface area contributed by atoms with Crippen LogP contribution in [-0.4, -0.2) is 16.1 Å². The van der Waals surface area contributed by atoms with E-state index in [0.29, 0.717) is 9.26 Å². The first kappa shape index (κ1) is 11.3. The summed E-state index contributed by atoms with van der Waals surface area (Å²) in [6.45, 7) is 1.60. The number of carboxylic acid groups (broad SMARTS) is 1. The Hall–Kier alpha value is -0.790. The predicted molar refractivity (Wildman–Crippen MR) is 53.6 cm³/mol. The lowest BCUT2D eigenvalue weighted by molar-refractivity contribution is 0.0676. The highest BCUT2D eigenvalue weighted by Crippen LogP contribution is 2.24. The number of carbonyl (C=O) groups is 1. The van der Waals surface area contributed by atoms with E-state index in [4.69, 9.17) is 5.11 Å². The van der Waals surface area contributed by atoms with Crippen LogP contribution in [0.25, 0.3) is 0 Å². The second-order valence-electron chi connectivity index (χ2n) is 2.64. The van der Waals surface area contributed by atoms with Gasteiger partial charge in [0.15, 0.2) is 5.69 Å². The highest BCUT2D eigenvalue weighted by molar-refractivity contribution is 14.1. The molecule has 0 saturated carbocycles. The molecule has 0 unspecified atom stereocenters. The number of nitrogens with zero attached hydrogens (tertiary/aromatic N) is 1. The molecule has 0 radical (unpaired) electrons. The summed E-state index contributed by atoms with van der Waals surface area (Å²) in [5.74, 6) is -1.43. The van der Waals surface area contributed by atoms with E-state index in [1.54, 1.807) is 29.5 Å². The number of alkyl halides is 2. The molecule has 0 atom stereocenters. The minimum atomic E-state index is -2.82. The van der Waals surface area contributed by atoms with E-state index in [1.165, 1.54) is 0 Å². The van der Waals surface area contributed by atoms with Crippen molar-refractivity contribution < 1.29 is 18.7 Å². The normalized spacial score (nSPS) is 10.6. The van der Waals surface area contributed by atoms with Gasteiger partial charge in [0.1, 0.15) is 3.70 Å². The van der Waals surface area contributed by atoms with Gasteiger partial charge in [-0.3, -0.25) is 0 Å². The zero-order valence-corrected chi connectivity index (χ0v) is 9.25. The van der Waals surface area contributed by atoms with E-state index in [9.17, 15) is 13.6 Å². The largest absolute Gasteiger partial charge is 0.476 e. The first-order valence-electron chi connectivity index (χ1n) is 3.62. The fourth-order valence-electron chi connectivity index (χ4n) is 0.950. The van der Waals surface area contributed by atoms with Crippen LogP contribution in [-0.2, 0) is 0 Å². The second kappa shape index (κ2) is 4.16. The van der Waals surface area contributed by atoms with Crippen molar-refractivity contribution in [3.05, 3.63) is 26.6 Å². The number of carboxylic acids is 1. The monoisotopic (exact) mass is 313 g/mol. The molecule has 0 spiro atoms. The number of pyridine rings is 1. The van der Waals surface area contributed by atoms with Gasteiger partial charge in [0.05, 0.1) is 5.56 Å². The summed E-state index contributed by atoms with van der Waals surface area (Å²) in [5, 5.41) is 8.63. The summed E-state index contributed by atoms with van der Waals surface area (Å²) >= 11 is 1.80. The SMILES string of the molecule is Cc1cc(C(F)F)c(C(=O)O)nc1I. The van der Waals surface area contributed by atoms with E-state index in [0.717, 1.165) is 6.07 Å². The number of hydrogen-bond acceptors (Lipinski definition) is 2. The van der Waals surface area contributed by atoms with Gasteiger partial charge < -0.3 is 5.11 Å². The Bertz CT molecular complexity index is 382. The van der Waals surface area contributed by atoms with E-state index < -0.39 is 23.7 Å². The molecule has 1 heterocycles. The van der Waals surface area contributed by atoms with Crippen LogP contribution in [0.1, 0.15) is 28.0 Å². The van der Waals surface area contributed by atoms with Crippen molar-refractivity contribution >= 4 is 28.6 Å². The Morgan fingerprint density at radius 2 is 2.21 bits per heavy atom. The molecule has 1 N–H and O–H groups in total. The van der Waals surface area contributed by atoms with E-state index in [2.05, 4.69) is 4.98 Å². The number of aromatic carboxylic acids is 1. The zero-order chi connectivity index (χ0) is 10.9. The van der Waals surface area contributed by atoms with Crippen LogP contribution in [0, 0.1) is 10.6 Å². The number of hydrogen-bond donors (Lipinski definition) is 1. The van der Waals surface area contributed by atoms with Crippen molar-refractivity contribution in [1.82, 2.24) is 4.98 Å². The van der Waals surface area contributed by atoms with Crippen LogP contribution >= 0.6 is 22.6 Å². The fraction of sp³-hybridized carbons (Fsp3) is 0.250. The van der Waals surface area contributed by atoms with Crippen LogP contribution in [0.15, 0.2) is 6.07 Å². The van der Waals surface area contributed by atoms with Crippen molar-refractivity contribution in [3.8, 4) is 0 Å². The van der Waals surface area contributed by atoms with E-state index in [-0.39, 0.29) is 0 Å². The molecule has 3 nitrogen and oxygen atoms in total. The number of rotatable bonds is 2. The Morgan fingerprint density at radius 3 is 2.64 bits per heavy atom. The molecule has 76 valence electrons. The molecule has 1 rings (SSSR count). The van der Waals surface area contributed by atoms with Crippen molar-refractivity contribution in [3.63, 3.8) is 0 Å². The minimum absolute atomic E-state index is 0.421. The van der Waals surface area contributed by atoms with Gasteiger partial charge in [-0.25, -0.2) is 18.6 Å². The summed E-state index contributed by atoms with van der Waals surface area (Å²) in [6.07, 6.45) is -2.82. The lowest BCUT2D eigenvalue weighted by atomic mass is 10.1. The van der Waals surface area contributed by atoms with Crippen LogP contribution in [0.5, 0.6) is 0 Å². The third-order valence-corrected chi connectivity index (χ3v) is 2.71. The molecule has 0 fully saturated rings. The van der Waals surface area contributed by atoms with E-state index in [1.807, 2.05) is 0 Å².